The topological polar surface area (TPSA) is 55.2 Å². The number of thiophene rings is 2. The van der Waals surface area contributed by atoms with Gasteiger partial charge in [-0.25, -0.2) is 13.1 Å². The van der Waals surface area contributed by atoms with Crippen molar-refractivity contribution in [1.29, 1.82) is 0 Å². The van der Waals surface area contributed by atoms with Crippen molar-refractivity contribution in [3.8, 4) is 26.7 Å². The maximum atomic E-state index is 12.1. The van der Waals surface area contributed by atoms with E-state index in [-0.39, 0.29) is 0 Å². The number of sulfone groups is 1. The van der Waals surface area contributed by atoms with Crippen molar-refractivity contribution in [2.45, 2.75) is 43.2 Å². The Kier molecular flexibility index (Phi) is 7.97. The Morgan fingerprint density at radius 1 is 0.950 bits per heavy atom. The molecule has 3 aromatic heterocycles. The summed E-state index contributed by atoms with van der Waals surface area (Å²) in [6.07, 6.45) is 6.11. The molecule has 9 heteroatoms. The zero-order valence-corrected chi connectivity index (χ0v) is 25.4. The minimum atomic E-state index is -3.29. The van der Waals surface area contributed by atoms with Crippen LogP contribution in [-0.4, -0.2) is 35.9 Å². The van der Waals surface area contributed by atoms with Gasteiger partial charge >= 0.3 is 0 Å². The molecule has 0 N–H and O–H groups in total. The molecule has 5 nitrogen and oxygen atoms in total. The zero-order valence-electron chi connectivity index (χ0n) is 22.2. The highest BCUT2D eigenvalue weighted by atomic mass is 35.5. The van der Waals surface area contributed by atoms with Gasteiger partial charge in [-0.05, 0) is 78.9 Å². The van der Waals surface area contributed by atoms with E-state index in [0.717, 1.165) is 45.5 Å². The van der Waals surface area contributed by atoms with Gasteiger partial charge in [0, 0.05) is 28.6 Å². The van der Waals surface area contributed by atoms with Crippen LogP contribution in [0.2, 0.25) is 5.02 Å². The molecule has 1 aliphatic rings. The fourth-order valence-corrected chi connectivity index (χ4v) is 8.15. The Bertz CT molecular complexity index is 1720. The van der Waals surface area contributed by atoms with Gasteiger partial charge in [-0.1, -0.05) is 54.8 Å². The van der Waals surface area contributed by atoms with Crippen LogP contribution in [0.5, 0.6) is 0 Å². The standard InChI is InChI=1S/C31H30ClN3O2S3/c1-40(36,37)24-10-7-9-22(19-24)29-15-16-31(39-29)28-20-23(33-35(28)26-12-5-4-11-25(26)32)21-34-17-6-2-3-13-27(34)30-14-8-18-38-30/h4-5,7-12,14-16,18-20,27H,2-3,6,13,17,21H2,1H3. The summed E-state index contributed by atoms with van der Waals surface area (Å²) >= 11 is 10.1. The highest BCUT2D eigenvalue weighted by Crippen LogP contribution is 2.38. The number of benzene rings is 2. The van der Waals surface area contributed by atoms with Gasteiger partial charge in [0.15, 0.2) is 9.84 Å². The van der Waals surface area contributed by atoms with Crippen LogP contribution in [0.3, 0.4) is 0 Å². The Morgan fingerprint density at radius 3 is 2.60 bits per heavy atom. The number of halogens is 1. The van der Waals surface area contributed by atoms with Crippen LogP contribution in [0, 0.1) is 0 Å². The molecule has 0 saturated carbocycles. The lowest BCUT2D eigenvalue weighted by Gasteiger charge is -2.28. The quantitative estimate of drug-likeness (QED) is 0.186. The molecule has 2 aromatic carbocycles. The van der Waals surface area contributed by atoms with Gasteiger partial charge in [-0.2, -0.15) is 5.10 Å². The fourth-order valence-electron chi connectivity index (χ4n) is 5.37. The average Bonchev–Trinajstić information content (AvgIpc) is 3.69. The van der Waals surface area contributed by atoms with Crippen LogP contribution in [0.1, 0.15) is 42.3 Å². The number of aromatic nitrogens is 2. The highest BCUT2D eigenvalue weighted by Gasteiger charge is 2.25. The molecule has 1 atom stereocenters. The molecule has 0 spiro atoms. The Hall–Kier alpha value is -2.75. The molecule has 0 amide bonds. The van der Waals surface area contributed by atoms with Crippen LogP contribution in [-0.2, 0) is 16.4 Å². The van der Waals surface area contributed by atoms with Gasteiger partial charge in [0.2, 0.25) is 0 Å². The van der Waals surface area contributed by atoms with Crippen LogP contribution >= 0.6 is 34.3 Å². The minimum Gasteiger partial charge on any atom is -0.290 e. The molecule has 4 heterocycles. The SMILES string of the molecule is CS(=O)(=O)c1cccc(-c2ccc(-c3cc(CN4CCCCCC4c4cccs4)nn3-c3ccccc3Cl)s2)c1. The minimum absolute atomic E-state index is 0.320. The second-order valence-corrected chi connectivity index (χ2v) is 14.7. The number of rotatable bonds is 7. The van der Waals surface area contributed by atoms with Gasteiger partial charge < -0.3 is 0 Å². The number of hydrogen-bond acceptors (Lipinski definition) is 6. The molecule has 1 saturated heterocycles. The predicted molar refractivity (Wildman–Crippen MR) is 166 cm³/mol. The van der Waals surface area contributed by atoms with Crippen molar-refractivity contribution in [1.82, 2.24) is 14.7 Å². The van der Waals surface area contributed by atoms with Crippen molar-refractivity contribution in [3.05, 3.63) is 99.8 Å². The molecule has 0 radical (unpaired) electrons. The Morgan fingerprint density at radius 2 is 1.80 bits per heavy atom. The Labute approximate surface area is 248 Å². The van der Waals surface area contributed by atoms with Gasteiger partial charge in [-0.3, -0.25) is 4.90 Å². The molecular weight excluding hydrogens is 578 g/mol. The maximum Gasteiger partial charge on any atom is 0.175 e. The number of para-hydroxylation sites is 1. The summed E-state index contributed by atoms with van der Waals surface area (Å²) in [4.78, 5) is 6.37. The second kappa shape index (κ2) is 11.6. The van der Waals surface area contributed by atoms with Gasteiger partial charge in [0.1, 0.15) is 0 Å². The summed E-state index contributed by atoms with van der Waals surface area (Å²) in [5.41, 5.74) is 3.70. The van der Waals surface area contributed by atoms with Crippen molar-refractivity contribution in [3.63, 3.8) is 0 Å². The lowest BCUT2D eigenvalue weighted by atomic mass is 10.1. The summed E-state index contributed by atoms with van der Waals surface area (Å²) in [7, 11) is -3.29. The highest BCUT2D eigenvalue weighted by molar-refractivity contribution is 7.90. The fraction of sp³-hybridized carbons (Fsp3) is 0.258. The molecule has 6 rings (SSSR count). The smallest absolute Gasteiger partial charge is 0.175 e. The van der Waals surface area contributed by atoms with E-state index in [1.165, 1.54) is 36.8 Å². The number of nitrogens with zero attached hydrogens (tertiary/aromatic N) is 3. The monoisotopic (exact) mass is 607 g/mol. The largest absolute Gasteiger partial charge is 0.290 e. The summed E-state index contributed by atoms with van der Waals surface area (Å²) in [5.74, 6) is 0. The summed E-state index contributed by atoms with van der Waals surface area (Å²) < 4.78 is 26.2. The van der Waals surface area contributed by atoms with E-state index in [1.54, 1.807) is 29.5 Å². The van der Waals surface area contributed by atoms with E-state index in [1.807, 2.05) is 52.4 Å². The van der Waals surface area contributed by atoms with Crippen molar-refractivity contribution in [2.75, 3.05) is 12.8 Å². The van der Waals surface area contributed by atoms with Crippen LogP contribution < -0.4 is 0 Å². The first-order valence-corrected chi connectivity index (χ1v) is 17.4. The zero-order chi connectivity index (χ0) is 27.7. The van der Waals surface area contributed by atoms with Gasteiger partial charge in [0.05, 0.1) is 31.9 Å². The normalized spacial score (nSPS) is 16.7. The first-order chi connectivity index (χ1) is 19.4. The van der Waals surface area contributed by atoms with Gasteiger partial charge in [-0.15, -0.1) is 22.7 Å². The second-order valence-electron chi connectivity index (χ2n) is 10.2. The summed E-state index contributed by atoms with van der Waals surface area (Å²) in [6.45, 7) is 1.82. The number of likely N-dealkylation sites (tertiary alicyclic amines) is 1. The molecule has 206 valence electrons. The van der Waals surface area contributed by atoms with E-state index < -0.39 is 9.84 Å². The number of hydrogen-bond donors (Lipinski definition) is 0. The predicted octanol–water partition coefficient (Wildman–Crippen LogP) is 8.50. The molecule has 1 aliphatic heterocycles. The maximum absolute atomic E-state index is 12.1. The molecule has 5 aromatic rings. The molecule has 0 aliphatic carbocycles. The third kappa shape index (κ3) is 5.83. The van der Waals surface area contributed by atoms with E-state index in [9.17, 15) is 8.42 Å². The van der Waals surface area contributed by atoms with Gasteiger partial charge in [0.25, 0.3) is 0 Å². The average molecular weight is 608 g/mol. The van der Waals surface area contributed by atoms with Crippen LogP contribution in [0.15, 0.2) is 89.1 Å². The lowest BCUT2D eigenvalue weighted by Crippen LogP contribution is -2.27. The van der Waals surface area contributed by atoms with E-state index >= 15 is 0 Å². The Balaban J connectivity index is 1.39. The third-order valence-electron chi connectivity index (χ3n) is 7.35. The first kappa shape index (κ1) is 27.4. The molecule has 1 unspecified atom stereocenters. The first-order valence-electron chi connectivity index (χ1n) is 13.4. The van der Waals surface area contributed by atoms with E-state index in [2.05, 4.69) is 34.5 Å². The summed E-state index contributed by atoms with van der Waals surface area (Å²) in [6, 6.07) is 26.0. The molecule has 0 bridgehead atoms. The third-order valence-corrected chi connectivity index (χ3v) is 10.9. The van der Waals surface area contributed by atoms with Crippen LogP contribution in [0.25, 0.3) is 26.7 Å². The molecular formula is C31H30ClN3O2S3. The van der Waals surface area contributed by atoms with Crippen molar-refractivity contribution >= 4 is 44.1 Å². The van der Waals surface area contributed by atoms with E-state index in [4.69, 9.17) is 16.7 Å². The molecule has 40 heavy (non-hydrogen) atoms. The molecule has 1 fully saturated rings. The van der Waals surface area contributed by atoms with Crippen LogP contribution in [0.4, 0.5) is 0 Å². The van der Waals surface area contributed by atoms with Crippen molar-refractivity contribution in [2.24, 2.45) is 0 Å². The lowest BCUT2D eigenvalue weighted by molar-refractivity contribution is 0.193. The van der Waals surface area contributed by atoms with Crippen molar-refractivity contribution < 1.29 is 8.42 Å². The van der Waals surface area contributed by atoms with E-state index in [0.29, 0.717) is 16.0 Å². The summed E-state index contributed by atoms with van der Waals surface area (Å²) in [5, 5.41) is 7.92.